The molecule has 0 radical (unpaired) electrons. The van der Waals surface area contributed by atoms with Gasteiger partial charge in [-0.05, 0) is 89.7 Å². The van der Waals surface area contributed by atoms with E-state index in [0.717, 1.165) is 11.1 Å². The maximum atomic E-state index is 13.5. The molecule has 7 aliphatic rings. The molecule has 368 valence electrons. The zero-order valence-corrected chi connectivity index (χ0v) is 40.2. The zero-order valence-electron chi connectivity index (χ0n) is 40.2. The molecule has 0 bridgehead atoms. The second-order valence-electron chi connectivity index (χ2n) is 20.6. The van der Waals surface area contributed by atoms with Gasteiger partial charge in [-0.15, -0.1) is 0 Å². The number of fused-ring (bicyclic) bond motifs is 5. The molecule has 20 unspecified atom stereocenters. The van der Waals surface area contributed by atoms with Crippen molar-refractivity contribution in [2.75, 3.05) is 21.3 Å². The van der Waals surface area contributed by atoms with E-state index in [0.29, 0.717) is 51.4 Å². The predicted molar refractivity (Wildman–Crippen MR) is 239 cm³/mol. The van der Waals surface area contributed by atoms with Crippen molar-refractivity contribution in [3.63, 3.8) is 0 Å². The molecule has 3 heterocycles. The van der Waals surface area contributed by atoms with Crippen LogP contribution in [-0.2, 0) is 57.0 Å². The number of aliphatic hydroxyl groups excluding tert-OH is 1. The van der Waals surface area contributed by atoms with Gasteiger partial charge in [0.1, 0.15) is 41.4 Å². The van der Waals surface area contributed by atoms with Crippen molar-refractivity contribution in [2.45, 2.75) is 203 Å². The van der Waals surface area contributed by atoms with Gasteiger partial charge in [0.15, 0.2) is 18.9 Å². The van der Waals surface area contributed by atoms with Crippen molar-refractivity contribution in [3.05, 3.63) is 53.6 Å². The van der Waals surface area contributed by atoms with Crippen molar-refractivity contribution in [2.24, 2.45) is 22.7 Å². The SMILES string of the molecule is COC1CC(OC2C(C)OC(OC3C(C)OC(OC4CCC5(C)C(=CCC6(O)C5CC(OC(=O)C=Cc5ccccc5)C5(C)C(C(C)=O)CCC65O)C4)CC3OC)CC2OC)OC(C)C1O. The highest BCUT2D eigenvalue weighted by molar-refractivity contribution is 5.87. The Kier molecular flexibility index (Phi) is 14.8. The van der Waals surface area contributed by atoms with E-state index >= 15 is 0 Å². The van der Waals surface area contributed by atoms with Gasteiger partial charge in [-0.3, -0.25) is 4.79 Å². The lowest BCUT2D eigenvalue weighted by Gasteiger charge is -2.66. The first-order valence-corrected chi connectivity index (χ1v) is 24.2. The fourth-order valence-electron chi connectivity index (χ4n) is 13.4. The topological polar surface area (TPSA) is 187 Å². The number of rotatable bonds is 13. The van der Waals surface area contributed by atoms with E-state index in [1.807, 2.05) is 51.1 Å². The maximum absolute atomic E-state index is 13.5. The number of esters is 1. The molecule has 0 aromatic heterocycles. The minimum atomic E-state index is -1.67. The maximum Gasteiger partial charge on any atom is 0.331 e. The molecule has 15 heteroatoms. The Hall–Kier alpha value is -2.64. The number of ketones is 1. The van der Waals surface area contributed by atoms with Gasteiger partial charge in [0, 0.05) is 63.9 Å². The van der Waals surface area contributed by atoms with Crippen LogP contribution in [0.2, 0.25) is 0 Å². The van der Waals surface area contributed by atoms with E-state index in [2.05, 4.69) is 13.0 Å². The summed E-state index contributed by atoms with van der Waals surface area (Å²) in [7, 11) is 4.87. The highest BCUT2D eigenvalue weighted by atomic mass is 16.7. The van der Waals surface area contributed by atoms with Crippen LogP contribution in [-0.4, -0.2) is 146 Å². The van der Waals surface area contributed by atoms with Gasteiger partial charge in [0.05, 0.1) is 42.7 Å². The highest BCUT2D eigenvalue weighted by Gasteiger charge is 2.77. The predicted octanol–water partition coefficient (Wildman–Crippen LogP) is 5.59. The van der Waals surface area contributed by atoms with Crippen LogP contribution >= 0.6 is 0 Å². The number of carbonyl (C=O) groups is 2. The van der Waals surface area contributed by atoms with E-state index < -0.39 is 108 Å². The molecule has 66 heavy (non-hydrogen) atoms. The molecule has 3 aliphatic heterocycles. The fraction of sp³-hybridized carbons (Fsp3) is 0.765. The average molecular weight is 927 g/mol. The average Bonchev–Trinajstić information content (AvgIpc) is 3.59. The van der Waals surface area contributed by atoms with Crippen LogP contribution in [0, 0.1) is 22.7 Å². The first kappa shape index (κ1) is 49.8. The van der Waals surface area contributed by atoms with Crippen LogP contribution in [0.1, 0.15) is 111 Å². The van der Waals surface area contributed by atoms with Gasteiger partial charge in [0.2, 0.25) is 0 Å². The second kappa shape index (κ2) is 19.6. The third-order valence-corrected chi connectivity index (χ3v) is 17.1. The molecule has 8 rings (SSSR count). The number of benzene rings is 1. The molecule has 6 fully saturated rings. The third kappa shape index (κ3) is 8.91. The smallest absolute Gasteiger partial charge is 0.331 e. The minimum absolute atomic E-state index is 0.0827. The number of hydrogen-bond donors (Lipinski definition) is 3. The Morgan fingerprint density at radius 3 is 1.92 bits per heavy atom. The van der Waals surface area contributed by atoms with Gasteiger partial charge in [-0.1, -0.05) is 55.8 Å². The van der Waals surface area contributed by atoms with E-state index in [4.69, 9.17) is 47.4 Å². The lowest BCUT2D eigenvalue weighted by molar-refractivity contribution is -0.338. The lowest BCUT2D eigenvalue weighted by Crippen LogP contribution is -2.75. The minimum Gasteiger partial charge on any atom is -0.458 e. The molecule has 3 saturated heterocycles. The van der Waals surface area contributed by atoms with Crippen LogP contribution in [0.3, 0.4) is 0 Å². The summed E-state index contributed by atoms with van der Waals surface area (Å²) in [6.07, 6.45) is 2.69. The van der Waals surface area contributed by atoms with Crippen LogP contribution in [0.15, 0.2) is 48.1 Å². The van der Waals surface area contributed by atoms with E-state index in [9.17, 15) is 24.9 Å². The monoisotopic (exact) mass is 927 g/mol. The largest absolute Gasteiger partial charge is 0.458 e. The van der Waals surface area contributed by atoms with Crippen LogP contribution < -0.4 is 0 Å². The Morgan fingerprint density at radius 1 is 0.758 bits per heavy atom. The van der Waals surface area contributed by atoms with Gasteiger partial charge in [-0.2, -0.15) is 0 Å². The van der Waals surface area contributed by atoms with Gasteiger partial charge >= 0.3 is 5.97 Å². The molecule has 4 aliphatic carbocycles. The summed E-state index contributed by atoms with van der Waals surface area (Å²) < 4.78 is 62.3. The summed E-state index contributed by atoms with van der Waals surface area (Å²) >= 11 is 0. The molecule has 0 spiro atoms. The van der Waals surface area contributed by atoms with Crippen molar-refractivity contribution < 1.29 is 72.3 Å². The van der Waals surface area contributed by atoms with Gasteiger partial charge in [-0.25, -0.2) is 4.79 Å². The molecular formula is C51H74O15. The normalized spacial score (nSPS) is 47.1. The van der Waals surface area contributed by atoms with Gasteiger partial charge in [0.25, 0.3) is 0 Å². The summed E-state index contributed by atoms with van der Waals surface area (Å²) in [5, 5.41) is 36.3. The van der Waals surface area contributed by atoms with Crippen LogP contribution in [0.4, 0.5) is 0 Å². The van der Waals surface area contributed by atoms with Crippen molar-refractivity contribution >= 4 is 17.8 Å². The molecule has 15 nitrogen and oxygen atoms in total. The zero-order chi connectivity index (χ0) is 47.3. The van der Waals surface area contributed by atoms with Crippen LogP contribution in [0.25, 0.3) is 6.08 Å². The van der Waals surface area contributed by atoms with Crippen LogP contribution in [0.5, 0.6) is 0 Å². The summed E-state index contributed by atoms with van der Waals surface area (Å²) in [4.78, 5) is 26.8. The molecule has 20 atom stereocenters. The quantitative estimate of drug-likeness (QED) is 0.126. The lowest BCUT2D eigenvalue weighted by atomic mass is 9.43. The molecule has 1 aromatic rings. The second-order valence-corrected chi connectivity index (χ2v) is 20.6. The Bertz CT molecular complexity index is 1930. The number of carbonyl (C=O) groups excluding carboxylic acids is 2. The fourth-order valence-corrected chi connectivity index (χ4v) is 13.4. The number of ether oxygens (including phenoxy) is 10. The van der Waals surface area contributed by atoms with Gasteiger partial charge < -0.3 is 62.7 Å². The first-order valence-electron chi connectivity index (χ1n) is 24.2. The first-order chi connectivity index (χ1) is 31.4. The molecule has 3 N–H and O–H groups in total. The number of aliphatic hydroxyl groups is 3. The Labute approximate surface area is 389 Å². The Balaban J connectivity index is 0.911. The van der Waals surface area contributed by atoms with Crippen molar-refractivity contribution in [3.8, 4) is 0 Å². The molecule has 1 aromatic carbocycles. The standard InChI is InChI=1S/C51H74O15/c1-28(52)35-19-22-51(56)49(35,6)40(64-41(53)16-15-32-13-11-10-12-14-32)27-39-48(5)20-18-34(23-33(48)17-21-50(39,51)55)63-42-25-37(58-8)46(30(3)61-42)66-44-26-38(59-9)47(31(4)62-44)65-43-24-36(57-7)45(54)29(2)60-43/h10-17,29-31,34-40,42-47,54-56H,18-27H2,1-9H3. The Morgan fingerprint density at radius 2 is 1.33 bits per heavy atom. The molecule has 3 saturated carbocycles. The molecular weight excluding hydrogens is 853 g/mol. The summed E-state index contributed by atoms with van der Waals surface area (Å²) in [5.74, 6) is -1.66. The summed E-state index contributed by atoms with van der Waals surface area (Å²) in [6, 6.07) is 9.47. The highest BCUT2D eigenvalue weighted by Crippen LogP contribution is 2.70. The summed E-state index contributed by atoms with van der Waals surface area (Å²) in [6.45, 7) is 11.2. The van der Waals surface area contributed by atoms with Crippen molar-refractivity contribution in [1.29, 1.82) is 0 Å². The van der Waals surface area contributed by atoms with E-state index in [-0.39, 0.29) is 36.9 Å². The number of hydrogen-bond acceptors (Lipinski definition) is 15. The van der Waals surface area contributed by atoms with E-state index in [1.54, 1.807) is 34.3 Å². The third-order valence-electron chi connectivity index (χ3n) is 17.1. The number of Topliss-reactive ketones (excluding diaryl/α,β-unsaturated/α-hetero) is 1. The molecule has 0 amide bonds. The number of methoxy groups -OCH3 is 3. The van der Waals surface area contributed by atoms with Crippen molar-refractivity contribution in [1.82, 2.24) is 0 Å². The van der Waals surface area contributed by atoms with E-state index in [1.165, 1.54) is 13.0 Å². The summed E-state index contributed by atoms with van der Waals surface area (Å²) in [5.41, 5.74) is -2.95.